The van der Waals surface area contributed by atoms with Crippen LogP contribution in [0.4, 0.5) is 13.2 Å². The van der Waals surface area contributed by atoms with E-state index in [9.17, 15) is 18.0 Å². The third kappa shape index (κ3) is 3.96. The lowest BCUT2D eigenvalue weighted by atomic mass is 9.99. The molecule has 1 saturated heterocycles. The first kappa shape index (κ1) is 18.6. The maximum Gasteiger partial charge on any atom is 0.415 e. The fourth-order valence-electron chi connectivity index (χ4n) is 3.08. The maximum atomic E-state index is 12.4. The van der Waals surface area contributed by atoms with Crippen molar-refractivity contribution in [3.8, 4) is 5.82 Å². The molecule has 0 aromatic carbocycles. The van der Waals surface area contributed by atoms with Gasteiger partial charge in [-0.1, -0.05) is 0 Å². The number of aliphatic hydroxyl groups excluding tert-OH is 1. The molecule has 10 heteroatoms. The lowest BCUT2D eigenvalue weighted by Crippen LogP contribution is -2.54. The summed E-state index contributed by atoms with van der Waals surface area (Å²) in [5.41, 5.74) is 1.44. The molecule has 7 nitrogen and oxygen atoms in total. The van der Waals surface area contributed by atoms with Gasteiger partial charge >= 0.3 is 6.18 Å². The van der Waals surface area contributed by atoms with Crippen molar-refractivity contribution in [1.82, 2.24) is 24.5 Å². The Hall–Kier alpha value is -2.20. The van der Waals surface area contributed by atoms with E-state index < -0.39 is 18.8 Å². The van der Waals surface area contributed by atoms with Crippen molar-refractivity contribution in [1.29, 1.82) is 0 Å². The summed E-state index contributed by atoms with van der Waals surface area (Å²) in [6.45, 7) is 4.36. The monoisotopic (exact) mass is 371 g/mol. The summed E-state index contributed by atoms with van der Waals surface area (Å²) in [7, 11) is 0. The average molecular weight is 371 g/mol. The first-order valence-electron chi connectivity index (χ1n) is 8.22. The highest BCUT2D eigenvalue weighted by molar-refractivity contribution is 5.23. The fourth-order valence-corrected chi connectivity index (χ4v) is 3.08. The van der Waals surface area contributed by atoms with Crippen molar-refractivity contribution in [3.05, 3.63) is 39.9 Å². The summed E-state index contributed by atoms with van der Waals surface area (Å²) < 4.78 is 40.0. The number of hydrogen-bond donors (Lipinski definition) is 1. The van der Waals surface area contributed by atoms with Gasteiger partial charge in [0.2, 0.25) is 0 Å². The Morgan fingerprint density at radius 2 is 1.96 bits per heavy atom. The molecule has 0 spiro atoms. The Balaban J connectivity index is 1.64. The molecule has 0 saturated carbocycles. The molecule has 1 aliphatic heterocycles. The molecule has 1 atom stereocenters. The number of aryl methyl sites for hydroxylation is 2. The van der Waals surface area contributed by atoms with Gasteiger partial charge in [-0.15, -0.1) is 5.10 Å². The number of nitrogens with zero attached hydrogens (tertiary/aromatic N) is 5. The Kier molecular flexibility index (Phi) is 4.89. The SMILES string of the molecule is Cc1cc(C)n(-c2ccc(=O)n(CC3CN(CC(O)C(F)(F)F)C3)n2)n1. The van der Waals surface area contributed by atoms with E-state index in [0.717, 1.165) is 11.4 Å². The third-order valence-electron chi connectivity index (χ3n) is 4.35. The zero-order chi connectivity index (χ0) is 19.1. The van der Waals surface area contributed by atoms with Gasteiger partial charge in [0.1, 0.15) is 0 Å². The summed E-state index contributed by atoms with van der Waals surface area (Å²) >= 11 is 0. The molecule has 0 aliphatic carbocycles. The zero-order valence-electron chi connectivity index (χ0n) is 14.4. The first-order chi connectivity index (χ1) is 12.1. The predicted molar refractivity (Wildman–Crippen MR) is 87.1 cm³/mol. The third-order valence-corrected chi connectivity index (χ3v) is 4.35. The van der Waals surface area contributed by atoms with E-state index in [0.29, 0.717) is 25.5 Å². The molecule has 0 bridgehead atoms. The minimum absolute atomic E-state index is 0.0105. The van der Waals surface area contributed by atoms with Gasteiger partial charge < -0.3 is 5.11 Å². The van der Waals surface area contributed by atoms with E-state index in [1.165, 1.54) is 15.6 Å². The molecule has 1 fully saturated rings. The highest BCUT2D eigenvalue weighted by atomic mass is 19.4. The van der Waals surface area contributed by atoms with E-state index in [1.54, 1.807) is 10.7 Å². The smallest absolute Gasteiger partial charge is 0.382 e. The van der Waals surface area contributed by atoms with Crippen LogP contribution >= 0.6 is 0 Å². The quantitative estimate of drug-likeness (QED) is 0.845. The molecule has 3 heterocycles. The van der Waals surface area contributed by atoms with Gasteiger partial charge in [-0.2, -0.15) is 18.3 Å². The second-order valence-electron chi connectivity index (χ2n) is 6.69. The van der Waals surface area contributed by atoms with Crippen LogP contribution in [-0.2, 0) is 6.54 Å². The van der Waals surface area contributed by atoms with E-state index in [4.69, 9.17) is 5.11 Å². The molecule has 3 rings (SSSR count). The zero-order valence-corrected chi connectivity index (χ0v) is 14.4. The van der Waals surface area contributed by atoms with Crippen molar-refractivity contribution < 1.29 is 18.3 Å². The number of alkyl halides is 3. The van der Waals surface area contributed by atoms with Gasteiger partial charge in [-0.25, -0.2) is 9.36 Å². The van der Waals surface area contributed by atoms with Crippen LogP contribution in [0, 0.1) is 19.8 Å². The van der Waals surface area contributed by atoms with Crippen LogP contribution < -0.4 is 5.56 Å². The number of rotatable bonds is 5. The van der Waals surface area contributed by atoms with Gasteiger partial charge in [0.25, 0.3) is 5.56 Å². The second-order valence-corrected chi connectivity index (χ2v) is 6.69. The second kappa shape index (κ2) is 6.84. The minimum atomic E-state index is -4.61. The molecule has 2 aromatic heterocycles. The van der Waals surface area contributed by atoms with Crippen molar-refractivity contribution in [2.24, 2.45) is 5.92 Å². The summed E-state index contributed by atoms with van der Waals surface area (Å²) in [4.78, 5) is 13.5. The summed E-state index contributed by atoms with van der Waals surface area (Å²) in [6.07, 6.45) is -6.96. The molecule has 0 amide bonds. The van der Waals surface area contributed by atoms with Crippen LogP contribution in [0.15, 0.2) is 23.0 Å². The maximum absolute atomic E-state index is 12.4. The Bertz CT molecular complexity index is 839. The van der Waals surface area contributed by atoms with E-state index in [-0.39, 0.29) is 11.5 Å². The molecule has 1 unspecified atom stereocenters. The van der Waals surface area contributed by atoms with Crippen molar-refractivity contribution >= 4 is 0 Å². The van der Waals surface area contributed by atoms with E-state index in [1.807, 2.05) is 19.9 Å². The normalized spacial score (nSPS) is 17.3. The minimum Gasteiger partial charge on any atom is -0.382 e. The molecule has 1 N–H and O–H groups in total. The van der Waals surface area contributed by atoms with Crippen molar-refractivity contribution in [2.45, 2.75) is 32.7 Å². The summed E-state index contributed by atoms with van der Waals surface area (Å²) in [6, 6.07) is 4.89. The Morgan fingerprint density at radius 1 is 1.27 bits per heavy atom. The van der Waals surface area contributed by atoms with E-state index >= 15 is 0 Å². The van der Waals surface area contributed by atoms with Crippen LogP contribution in [0.2, 0.25) is 0 Å². The lowest BCUT2D eigenvalue weighted by molar-refractivity contribution is -0.211. The lowest BCUT2D eigenvalue weighted by Gasteiger charge is -2.40. The largest absolute Gasteiger partial charge is 0.415 e. The highest BCUT2D eigenvalue weighted by Crippen LogP contribution is 2.24. The first-order valence-corrected chi connectivity index (χ1v) is 8.22. The Morgan fingerprint density at radius 3 is 2.54 bits per heavy atom. The van der Waals surface area contributed by atoms with Crippen LogP contribution in [-0.4, -0.2) is 61.5 Å². The molecule has 1 aliphatic rings. The molecule has 2 aromatic rings. The summed E-state index contributed by atoms with van der Waals surface area (Å²) in [5.74, 6) is 0.523. The van der Waals surface area contributed by atoms with Crippen molar-refractivity contribution in [3.63, 3.8) is 0 Å². The van der Waals surface area contributed by atoms with Gasteiger partial charge in [-0.3, -0.25) is 9.69 Å². The predicted octanol–water partition coefficient (Wildman–Crippen LogP) is 0.901. The number of aliphatic hydroxyl groups is 1. The van der Waals surface area contributed by atoms with Crippen LogP contribution in [0.25, 0.3) is 5.82 Å². The molecule has 26 heavy (non-hydrogen) atoms. The number of hydrogen-bond acceptors (Lipinski definition) is 5. The fraction of sp³-hybridized carbons (Fsp3) is 0.562. The van der Waals surface area contributed by atoms with E-state index in [2.05, 4.69) is 10.2 Å². The Labute approximate surface area is 147 Å². The van der Waals surface area contributed by atoms with Gasteiger partial charge in [-0.05, 0) is 26.0 Å². The number of aromatic nitrogens is 4. The summed E-state index contributed by atoms with van der Waals surface area (Å²) in [5, 5.41) is 17.7. The molecular weight excluding hydrogens is 351 g/mol. The molecular formula is C16H20F3N5O2. The number of β-amino-alcohol motifs (C(OH)–C–C–N with tert-alkyl or cyclic N) is 1. The van der Waals surface area contributed by atoms with Gasteiger partial charge in [0, 0.05) is 37.3 Å². The van der Waals surface area contributed by atoms with Gasteiger partial charge in [0.05, 0.1) is 12.2 Å². The number of halogens is 3. The highest BCUT2D eigenvalue weighted by Gasteiger charge is 2.41. The van der Waals surface area contributed by atoms with Crippen LogP contribution in [0.5, 0.6) is 0 Å². The molecule has 0 radical (unpaired) electrons. The average Bonchev–Trinajstić information content (AvgIpc) is 2.84. The molecule has 142 valence electrons. The standard InChI is InChI=1S/C16H20F3N5O2/c1-10-5-11(2)24(20-10)14-3-4-15(26)23(21-14)8-12-6-22(7-12)9-13(25)16(17,18)19/h3-5,12-13,25H,6-9H2,1-2H3. The van der Waals surface area contributed by atoms with Crippen LogP contribution in [0.1, 0.15) is 11.4 Å². The van der Waals surface area contributed by atoms with Gasteiger partial charge in [0.15, 0.2) is 11.9 Å². The topological polar surface area (TPSA) is 76.2 Å². The van der Waals surface area contributed by atoms with Crippen molar-refractivity contribution in [2.75, 3.05) is 19.6 Å². The number of likely N-dealkylation sites (tertiary alicyclic amines) is 1. The van der Waals surface area contributed by atoms with Crippen LogP contribution in [0.3, 0.4) is 0 Å².